The number of amides is 1. The van der Waals surface area contributed by atoms with E-state index in [1.165, 1.54) is 35.2 Å². The molecule has 0 spiro atoms. The van der Waals surface area contributed by atoms with Crippen LogP contribution >= 0.6 is 0 Å². The molecule has 0 aromatic heterocycles. The van der Waals surface area contributed by atoms with Gasteiger partial charge in [0.2, 0.25) is 6.79 Å². The van der Waals surface area contributed by atoms with Gasteiger partial charge in [-0.2, -0.15) is 0 Å². The smallest absolute Gasteiger partial charge is 0.282 e. The lowest BCUT2D eigenvalue weighted by molar-refractivity contribution is -0.113. The maximum atomic E-state index is 14.5. The van der Waals surface area contributed by atoms with E-state index in [0.29, 0.717) is 22.7 Å². The predicted octanol–water partition coefficient (Wildman–Crippen LogP) is 4.53. The van der Waals surface area contributed by atoms with Crippen LogP contribution in [0.15, 0.2) is 77.4 Å². The van der Waals surface area contributed by atoms with E-state index in [2.05, 4.69) is 4.99 Å². The van der Waals surface area contributed by atoms with E-state index in [-0.39, 0.29) is 23.9 Å². The van der Waals surface area contributed by atoms with E-state index >= 15 is 0 Å². The van der Waals surface area contributed by atoms with Crippen molar-refractivity contribution in [2.45, 2.75) is 0 Å². The number of fused-ring (bicyclic) bond motifs is 1. The zero-order valence-electron chi connectivity index (χ0n) is 15.5. The Labute approximate surface area is 170 Å². The third-order valence-electron chi connectivity index (χ3n) is 4.76. The minimum atomic E-state index is -0.513. The van der Waals surface area contributed by atoms with E-state index in [9.17, 15) is 13.6 Å². The van der Waals surface area contributed by atoms with Gasteiger partial charge in [0.1, 0.15) is 17.3 Å². The zero-order valence-corrected chi connectivity index (χ0v) is 15.5. The number of ether oxygens (including phenoxy) is 2. The summed E-state index contributed by atoms with van der Waals surface area (Å²) in [6, 6.07) is 16.7. The van der Waals surface area contributed by atoms with Crippen LogP contribution in [0.5, 0.6) is 11.5 Å². The number of halogens is 2. The molecule has 30 heavy (non-hydrogen) atoms. The van der Waals surface area contributed by atoms with Gasteiger partial charge in [0.15, 0.2) is 17.3 Å². The van der Waals surface area contributed by atoms with Crippen molar-refractivity contribution >= 4 is 23.5 Å². The molecule has 0 saturated heterocycles. The Morgan fingerprint density at radius 1 is 0.933 bits per heavy atom. The molecule has 0 bridgehead atoms. The average molecular weight is 404 g/mol. The molecule has 3 aromatic rings. The maximum Gasteiger partial charge on any atom is 0.282 e. The lowest BCUT2D eigenvalue weighted by Gasteiger charge is -2.18. The Morgan fingerprint density at radius 2 is 1.70 bits per heavy atom. The molecular weight excluding hydrogens is 390 g/mol. The molecule has 2 aliphatic heterocycles. The molecule has 0 atom stereocenters. The molecule has 0 radical (unpaired) electrons. The highest BCUT2D eigenvalue weighted by molar-refractivity contribution is 6.33. The van der Waals surface area contributed by atoms with Gasteiger partial charge < -0.3 is 9.47 Å². The molecule has 148 valence electrons. The molecule has 5 nitrogen and oxygen atoms in total. The number of hydrogen-bond acceptors (Lipinski definition) is 4. The summed E-state index contributed by atoms with van der Waals surface area (Å²) >= 11 is 0. The maximum absolute atomic E-state index is 14.5. The third kappa shape index (κ3) is 3.10. The van der Waals surface area contributed by atoms with Crippen LogP contribution in [-0.4, -0.2) is 18.5 Å². The van der Waals surface area contributed by atoms with Crippen molar-refractivity contribution in [3.05, 3.63) is 95.2 Å². The van der Waals surface area contributed by atoms with E-state index in [4.69, 9.17) is 9.47 Å². The van der Waals surface area contributed by atoms with Gasteiger partial charge in [-0.15, -0.1) is 0 Å². The molecule has 1 amide bonds. The number of nitrogens with zero attached hydrogens (tertiary/aromatic N) is 2. The highest BCUT2D eigenvalue weighted by Gasteiger charge is 2.33. The largest absolute Gasteiger partial charge is 0.454 e. The molecule has 0 unspecified atom stereocenters. The van der Waals surface area contributed by atoms with Gasteiger partial charge in [-0.25, -0.2) is 13.8 Å². The van der Waals surface area contributed by atoms with Crippen molar-refractivity contribution in [1.29, 1.82) is 0 Å². The summed E-state index contributed by atoms with van der Waals surface area (Å²) in [5, 5.41) is 0. The van der Waals surface area contributed by atoms with Crippen molar-refractivity contribution in [2.24, 2.45) is 4.99 Å². The zero-order chi connectivity index (χ0) is 20.7. The number of amidine groups is 1. The molecule has 0 fully saturated rings. The number of hydrogen-bond donors (Lipinski definition) is 0. The van der Waals surface area contributed by atoms with Crippen LogP contribution in [0.25, 0.3) is 6.08 Å². The minimum Gasteiger partial charge on any atom is -0.454 e. The predicted molar refractivity (Wildman–Crippen MR) is 107 cm³/mol. The second kappa shape index (κ2) is 7.11. The molecule has 7 heteroatoms. The standard InChI is InChI=1S/C23H14F2N2O3/c24-15-6-8-16(9-7-15)27-22(17-3-1-2-4-18(17)25)26-19(23(27)28)11-14-5-10-20-21(12-14)30-13-29-20/h1-12H,13H2/b19-11+. The van der Waals surface area contributed by atoms with Gasteiger partial charge in [-0.05, 0) is 60.2 Å². The number of carbonyl (C=O) groups is 1. The van der Waals surface area contributed by atoms with Crippen LogP contribution in [0.1, 0.15) is 11.1 Å². The quantitative estimate of drug-likeness (QED) is 0.603. The molecule has 2 heterocycles. The second-order valence-electron chi connectivity index (χ2n) is 6.67. The molecule has 0 aliphatic carbocycles. The van der Waals surface area contributed by atoms with Gasteiger partial charge in [-0.3, -0.25) is 9.69 Å². The Hall–Kier alpha value is -4.00. The Morgan fingerprint density at radius 3 is 2.50 bits per heavy atom. The van der Waals surface area contributed by atoms with Gasteiger partial charge in [-0.1, -0.05) is 18.2 Å². The number of aliphatic imine (C=N–C) groups is 1. The lowest BCUT2D eigenvalue weighted by atomic mass is 10.1. The fourth-order valence-corrected chi connectivity index (χ4v) is 3.33. The van der Waals surface area contributed by atoms with Crippen LogP contribution in [0, 0.1) is 11.6 Å². The van der Waals surface area contributed by atoms with Crippen molar-refractivity contribution in [3.63, 3.8) is 0 Å². The van der Waals surface area contributed by atoms with Crippen molar-refractivity contribution in [3.8, 4) is 11.5 Å². The highest BCUT2D eigenvalue weighted by atomic mass is 19.1. The summed E-state index contributed by atoms with van der Waals surface area (Å²) in [6.45, 7) is 0.141. The topological polar surface area (TPSA) is 51.1 Å². The fraction of sp³-hybridized carbons (Fsp3) is 0.0435. The number of anilines is 1. The first-order valence-electron chi connectivity index (χ1n) is 9.15. The summed E-state index contributed by atoms with van der Waals surface area (Å²) < 4.78 is 38.6. The average Bonchev–Trinajstić information content (AvgIpc) is 3.34. The molecule has 5 rings (SSSR count). The van der Waals surface area contributed by atoms with Crippen LogP contribution in [0.3, 0.4) is 0 Å². The van der Waals surface area contributed by atoms with Crippen LogP contribution in [0.4, 0.5) is 14.5 Å². The number of carbonyl (C=O) groups excluding carboxylic acids is 1. The van der Waals surface area contributed by atoms with Crippen LogP contribution in [0.2, 0.25) is 0 Å². The number of rotatable bonds is 3. The summed E-state index contributed by atoms with van der Waals surface area (Å²) in [5.41, 5.74) is 1.36. The monoisotopic (exact) mass is 404 g/mol. The Balaban J connectivity index is 1.61. The van der Waals surface area contributed by atoms with E-state index in [0.717, 1.165) is 0 Å². The molecule has 2 aliphatic rings. The van der Waals surface area contributed by atoms with E-state index < -0.39 is 17.5 Å². The SMILES string of the molecule is O=C1/C(=C\c2ccc3c(c2)OCO3)N=C(c2ccccc2F)N1c1ccc(F)cc1. The first-order valence-corrected chi connectivity index (χ1v) is 9.15. The van der Waals surface area contributed by atoms with Crippen molar-refractivity contribution in [2.75, 3.05) is 11.7 Å². The Bertz CT molecular complexity index is 1220. The van der Waals surface area contributed by atoms with Gasteiger partial charge in [0.25, 0.3) is 5.91 Å². The normalized spacial score (nSPS) is 16.3. The first kappa shape index (κ1) is 18.1. The summed E-state index contributed by atoms with van der Waals surface area (Å²) in [7, 11) is 0. The molecule has 0 N–H and O–H groups in total. The third-order valence-corrected chi connectivity index (χ3v) is 4.76. The van der Waals surface area contributed by atoms with Crippen LogP contribution in [-0.2, 0) is 4.79 Å². The molecule has 3 aromatic carbocycles. The Kier molecular flexibility index (Phi) is 4.28. The minimum absolute atomic E-state index is 0.122. The summed E-state index contributed by atoms with van der Waals surface area (Å²) in [5.74, 6) is -0.0671. The summed E-state index contributed by atoms with van der Waals surface area (Å²) in [6.07, 6.45) is 1.59. The van der Waals surface area contributed by atoms with Crippen LogP contribution < -0.4 is 14.4 Å². The van der Waals surface area contributed by atoms with E-state index in [1.807, 2.05) is 0 Å². The highest BCUT2D eigenvalue weighted by Crippen LogP contribution is 2.34. The van der Waals surface area contributed by atoms with Gasteiger partial charge in [0.05, 0.1) is 11.3 Å². The van der Waals surface area contributed by atoms with E-state index in [1.54, 1.807) is 42.5 Å². The lowest BCUT2D eigenvalue weighted by Crippen LogP contribution is -2.33. The summed E-state index contributed by atoms with van der Waals surface area (Å²) in [4.78, 5) is 18.9. The number of benzene rings is 3. The first-order chi connectivity index (χ1) is 14.6. The van der Waals surface area contributed by atoms with Gasteiger partial charge >= 0.3 is 0 Å². The molecule has 0 saturated carbocycles. The van der Waals surface area contributed by atoms with Crippen molar-refractivity contribution in [1.82, 2.24) is 0 Å². The fourth-order valence-electron chi connectivity index (χ4n) is 3.33. The van der Waals surface area contributed by atoms with Gasteiger partial charge in [0, 0.05) is 0 Å². The van der Waals surface area contributed by atoms with Crippen molar-refractivity contribution < 1.29 is 23.0 Å². The molecular formula is C23H14F2N2O3. The second-order valence-corrected chi connectivity index (χ2v) is 6.67.